The largest absolute Gasteiger partial charge is 0.497 e. The molecule has 5 nitrogen and oxygen atoms in total. The number of fused-ring (bicyclic) bond motifs is 1. The van der Waals surface area contributed by atoms with Gasteiger partial charge in [-0.05, 0) is 31.2 Å². The molecule has 4 aromatic rings. The molecule has 27 heavy (non-hydrogen) atoms. The molecule has 4 rings (SSSR count). The number of rotatable bonds is 5. The van der Waals surface area contributed by atoms with Crippen LogP contribution in [0.15, 0.2) is 60.0 Å². The number of benzene rings is 2. The van der Waals surface area contributed by atoms with Crippen LogP contribution in [0.25, 0.3) is 21.6 Å². The Kier molecular flexibility index (Phi) is 4.64. The van der Waals surface area contributed by atoms with Crippen LogP contribution in [0.3, 0.4) is 0 Å². The fourth-order valence-electron chi connectivity index (χ4n) is 3.12. The van der Waals surface area contributed by atoms with Gasteiger partial charge in [-0.3, -0.25) is 4.79 Å². The molecule has 2 heterocycles. The van der Waals surface area contributed by atoms with Gasteiger partial charge >= 0.3 is 0 Å². The highest BCUT2D eigenvalue weighted by Crippen LogP contribution is 2.30. The fourth-order valence-corrected chi connectivity index (χ4v) is 3.94. The number of aryl methyl sites for hydroxylation is 1. The Morgan fingerprint density at radius 1 is 1.19 bits per heavy atom. The summed E-state index contributed by atoms with van der Waals surface area (Å²) in [6.07, 6.45) is 0. The van der Waals surface area contributed by atoms with Crippen LogP contribution in [-0.4, -0.2) is 22.6 Å². The molecule has 136 valence electrons. The second-order valence-electron chi connectivity index (χ2n) is 6.06. The number of para-hydroxylation sites is 1. The number of nitrogens with one attached hydrogen (secondary N) is 1. The van der Waals surface area contributed by atoms with Gasteiger partial charge in [0.1, 0.15) is 16.5 Å². The number of nitrogens with zero attached hydrogens (tertiary/aromatic N) is 2. The highest BCUT2D eigenvalue weighted by molar-refractivity contribution is 7.13. The van der Waals surface area contributed by atoms with Gasteiger partial charge in [0.15, 0.2) is 0 Å². The van der Waals surface area contributed by atoms with E-state index in [1.165, 1.54) is 22.2 Å². The molecule has 1 amide bonds. The molecular formula is C21H19N3O2S. The zero-order valence-corrected chi connectivity index (χ0v) is 15.9. The van der Waals surface area contributed by atoms with Gasteiger partial charge in [0.25, 0.3) is 5.91 Å². The van der Waals surface area contributed by atoms with Gasteiger partial charge < -0.3 is 14.6 Å². The SMILES string of the molecule is CCn1c(-c2nc(C(=O)Nc3cccc(OC)c3)cs2)cc2ccccc21. The van der Waals surface area contributed by atoms with Crippen LogP contribution in [0, 0.1) is 0 Å². The monoisotopic (exact) mass is 377 g/mol. The predicted molar refractivity (Wildman–Crippen MR) is 110 cm³/mol. The smallest absolute Gasteiger partial charge is 0.275 e. The summed E-state index contributed by atoms with van der Waals surface area (Å²) in [5.41, 5.74) is 3.29. The lowest BCUT2D eigenvalue weighted by molar-refractivity contribution is 0.102. The Morgan fingerprint density at radius 3 is 2.85 bits per heavy atom. The lowest BCUT2D eigenvalue weighted by atomic mass is 10.2. The van der Waals surface area contributed by atoms with Crippen molar-refractivity contribution in [3.63, 3.8) is 0 Å². The highest BCUT2D eigenvalue weighted by atomic mass is 32.1. The Labute approximate surface area is 161 Å². The van der Waals surface area contributed by atoms with Crippen molar-refractivity contribution < 1.29 is 9.53 Å². The van der Waals surface area contributed by atoms with Crippen LogP contribution >= 0.6 is 11.3 Å². The van der Waals surface area contributed by atoms with Gasteiger partial charge in [-0.15, -0.1) is 11.3 Å². The van der Waals surface area contributed by atoms with Crippen molar-refractivity contribution in [1.29, 1.82) is 0 Å². The van der Waals surface area contributed by atoms with E-state index in [-0.39, 0.29) is 5.91 Å². The minimum Gasteiger partial charge on any atom is -0.497 e. The topological polar surface area (TPSA) is 56.2 Å². The van der Waals surface area contributed by atoms with E-state index >= 15 is 0 Å². The normalized spacial score (nSPS) is 10.9. The number of carbonyl (C=O) groups excluding carboxylic acids is 1. The third-order valence-electron chi connectivity index (χ3n) is 4.41. The summed E-state index contributed by atoms with van der Waals surface area (Å²) in [5, 5.41) is 6.68. The molecule has 0 aliphatic rings. The zero-order chi connectivity index (χ0) is 18.8. The first-order chi connectivity index (χ1) is 13.2. The number of hydrogen-bond acceptors (Lipinski definition) is 4. The van der Waals surface area contributed by atoms with Crippen molar-refractivity contribution >= 4 is 33.8 Å². The van der Waals surface area contributed by atoms with Crippen molar-refractivity contribution in [3.8, 4) is 16.5 Å². The highest BCUT2D eigenvalue weighted by Gasteiger charge is 2.16. The van der Waals surface area contributed by atoms with Gasteiger partial charge in [-0.2, -0.15) is 0 Å². The maximum absolute atomic E-state index is 12.6. The third kappa shape index (κ3) is 3.31. The summed E-state index contributed by atoms with van der Waals surface area (Å²) >= 11 is 1.48. The number of hydrogen-bond donors (Lipinski definition) is 1. The van der Waals surface area contributed by atoms with Crippen molar-refractivity contribution in [2.24, 2.45) is 0 Å². The van der Waals surface area contributed by atoms with E-state index in [0.717, 1.165) is 17.2 Å². The molecule has 2 aromatic carbocycles. The lowest BCUT2D eigenvalue weighted by Gasteiger charge is -2.06. The second kappa shape index (κ2) is 7.25. The maximum Gasteiger partial charge on any atom is 0.275 e. The molecule has 0 bridgehead atoms. The Morgan fingerprint density at radius 2 is 2.04 bits per heavy atom. The molecule has 0 atom stereocenters. The molecule has 0 unspecified atom stereocenters. The fraction of sp³-hybridized carbons (Fsp3) is 0.143. The van der Waals surface area contributed by atoms with E-state index in [2.05, 4.69) is 40.0 Å². The molecule has 0 aliphatic heterocycles. The first-order valence-corrected chi connectivity index (χ1v) is 9.57. The minimum absolute atomic E-state index is 0.232. The van der Waals surface area contributed by atoms with Gasteiger partial charge in [0.2, 0.25) is 0 Å². The zero-order valence-electron chi connectivity index (χ0n) is 15.1. The summed E-state index contributed by atoms with van der Waals surface area (Å²) in [5.74, 6) is 0.462. The lowest BCUT2D eigenvalue weighted by Crippen LogP contribution is -2.12. The molecule has 2 aromatic heterocycles. The van der Waals surface area contributed by atoms with Crippen LogP contribution in [-0.2, 0) is 6.54 Å². The molecule has 0 fully saturated rings. The quantitative estimate of drug-likeness (QED) is 0.530. The molecule has 6 heteroatoms. The van der Waals surface area contributed by atoms with Crippen LogP contribution < -0.4 is 10.1 Å². The Bertz CT molecular complexity index is 1110. The second-order valence-corrected chi connectivity index (χ2v) is 6.91. The molecule has 0 radical (unpaired) electrons. The Hall–Kier alpha value is -3.12. The van der Waals surface area contributed by atoms with Crippen LogP contribution in [0.1, 0.15) is 17.4 Å². The van der Waals surface area contributed by atoms with Gasteiger partial charge in [0, 0.05) is 34.6 Å². The summed E-state index contributed by atoms with van der Waals surface area (Å²) in [7, 11) is 1.60. The first-order valence-electron chi connectivity index (χ1n) is 8.69. The average Bonchev–Trinajstić information content (AvgIpc) is 3.32. The van der Waals surface area contributed by atoms with Gasteiger partial charge in [-0.1, -0.05) is 24.3 Å². The number of amides is 1. The standard InChI is InChI=1S/C21H19N3O2S/c1-3-24-18-10-5-4-7-14(18)11-19(24)21-23-17(13-27-21)20(25)22-15-8-6-9-16(12-15)26-2/h4-13H,3H2,1-2H3,(H,22,25). The van der Waals surface area contributed by atoms with Crippen molar-refractivity contribution in [3.05, 3.63) is 65.7 Å². The summed E-state index contributed by atoms with van der Waals surface area (Å²) in [4.78, 5) is 17.1. The molecule has 0 saturated carbocycles. The van der Waals surface area contributed by atoms with Crippen LogP contribution in [0.5, 0.6) is 5.75 Å². The molecule has 0 aliphatic carbocycles. The minimum atomic E-state index is -0.232. The van der Waals surface area contributed by atoms with Crippen molar-refractivity contribution in [1.82, 2.24) is 9.55 Å². The van der Waals surface area contributed by atoms with Gasteiger partial charge in [0.05, 0.1) is 12.8 Å². The predicted octanol–water partition coefficient (Wildman–Crippen LogP) is 5.05. The third-order valence-corrected chi connectivity index (χ3v) is 5.28. The van der Waals surface area contributed by atoms with E-state index in [4.69, 9.17) is 4.74 Å². The molecule has 1 N–H and O–H groups in total. The number of aromatic nitrogens is 2. The van der Waals surface area contributed by atoms with E-state index in [1.54, 1.807) is 18.6 Å². The number of methoxy groups -OCH3 is 1. The van der Waals surface area contributed by atoms with Crippen molar-refractivity contribution in [2.45, 2.75) is 13.5 Å². The Balaban J connectivity index is 1.62. The van der Waals surface area contributed by atoms with E-state index in [1.807, 2.05) is 30.3 Å². The number of carbonyl (C=O) groups is 1. The maximum atomic E-state index is 12.6. The number of ether oxygens (including phenoxy) is 1. The van der Waals surface area contributed by atoms with E-state index < -0.39 is 0 Å². The van der Waals surface area contributed by atoms with Crippen LogP contribution in [0.2, 0.25) is 0 Å². The molecule has 0 saturated heterocycles. The molecule has 0 spiro atoms. The number of thiazole rings is 1. The first kappa shape index (κ1) is 17.3. The molecular weight excluding hydrogens is 358 g/mol. The van der Waals surface area contributed by atoms with Crippen LogP contribution in [0.4, 0.5) is 5.69 Å². The van der Waals surface area contributed by atoms with Crippen molar-refractivity contribution in [2.75, 3.05) is 12.4 Å². The van der Waals surface area contributed by atoms with E-state index in [0.29, 0.717) is 17.1 Å². The summed E-state index contributed by atoms with van der Waals surface area (Å²) < 4.78 is 7.41. The summed E-state index contributed by atoms with van der Waals surface area (Å²) in [6, 6.07) is 17.7. The summed E-state index contributed by atoms with van der Waals surface area (Å²) in [6.45, 7) is 2.95. The van der Waals surface area contributed by atoms with E-state index in [9.17, 15) is 4.79 Å². The average molecular weight is 377 g/mol. The number of anilines is 1. The van der Waals surface area contributed by atoms with Gasteiger partial charge in [-0.25, -0.2) is 4.98 Å².